The molecule has 5 heteroatoms. The number of imidazole rings is 1. The zero-order valence-electron chi connectivity index (χ0n) is 11.5. The van der Waals surface area contributed by atoms with Crippen LogP contribution in [0.3, 0.4) is 0 Å². The quantitative estimate of drug-likeness (QED) is 0.783. The minimum atomic E-state index is -0.378. The van der Waals surface area contributed by atoms with E-state index in [-0.39, 0.29) is 12.0 Å². The van der Waals surface area contributed by atoms with Gasteiger partial charge in [0.15, 0.2) is 0 Å². The molecule has 0 saturated heterocycles. The van der Waals surface area contributed by atoms with E-state index in [4.69, 9.17) is 4.74 Å². The van der Waals surface area contributed by atoms with Crippen LogP contribution in [0.4, 0.5) is 0 Å². The molecule has 1 heterocycles. The van der Waals surface area contributed by atoms with Crippen LogP contribution in [0.1, 0.15) is 36.1 Å². The van der Waals surface area contributed by atoms with Gasteiger partial charge in [-0.15, -0.1) is 0 Å². The van der Waals surface area contributed by atoms with Gasteiger partial charge in [-0.25, -0.2) is 9.78 Å². The first-order valence-corrected chi connectivity index (χ1v) is 7.36. The van der Waals surface area contributed by atoms with Crippen LogP contribution in [0.2, 0.25) is 0 Å². The van der Waals surface area contributed by atoms with E-state index in [1.54, 1.807) is 13.1 Å². The molecule has 0 bridgehead atoms. The van der Waals surface area contributed by atoms with Crippen molar-refractivity contribution in [1.29, 1.82) is 0 Å². The summed E-state index contributed by atoms with van der Waals surface area (Å²) in [6, 6.07) is 8.20. The van der Waals surface area contributed by atoms with Crippen molar-refractivity contribution in [3.05, 3.63) is 52.5 Å². The monoisotopic (exact) mass is 336 g/mol. The highest BCUT2D eigenvalue weighted by molar-refractivity contribution is 9.10. The maximum atomic E-state index is 11.8. The number of hydrogen-bond acceptors (Lipinski definition) is 3. The molecule has 0 saturated carbocycles. The first-order chi connectivity index (χ1) is 9.63. The summed E-state index contributed by atoms with van der Waals surface area (Å²) in [5, 5.41) is 0. The minimum absolute atomic E-state index is 0.121. The standard InChI is InChI=1S/C15H17BrN2O2/c1-3-20-15(19)14-17-8-9-18(14)11(2)10-12-6-4-5-7-13(12)16/h4-9,11H,3,10H2,1-2H3. The van der Waals surface area contributed by atoms with Crippen LogP contribution in [-0.2, 0) is 11.2 Å². The number of rotatable bonds is 5. The van der Waals surface area contributed by atoms with E-state index in [0.29, 0.717) is 12.4 Å². The van der Waals surface area contributed by atoms with E-state index in [1.807, 2.05) is 29.0 Å². The van der Waals surface area contributed by atoms with Crippen molar-refractivity contribution in [3.8, 4) is 0 Å². The number of halogens is 1. The van der Waals surface area contributed by atoms with Crippen LogP contribution in [0.5, 0.6) is 0 Å². The third kappa shape index (κ3) is 3.28. The molecule has 1 atom stereocenters. The summed E-state index contributed by atoms with van der Waals surface area (Å²) in [6.07, 6.45) is 4.25. The van der Waals surface area contributed by atoms with Gasteiger partial charge in [0.05, 0.1) is 6.61 Å². The van der Waals surface area contributed by atoms with Gasteiger partial charge in [-0.3, -0.25) is 0 Å². The molecule has 0 N–H and O–H groups in total. The topological polar surface area (TPSA) is 44.1 Å². The molecule has 1 aromatic heterocycles. The van der Waals surface area contributed by atoms with Crippen LogP contribution >= 0.6 is 15.9 Å². The van der Waals surface area contributed by atoms with Gasteiger partial charge in [-0.2, -0.15) is 0 Å². The van der Waals surface area contributed by atoms with Crippen molar-refractivity contribution < 1.29 is 9.53 Å². The average Bonchev–Trinajstić information content (AvgIpc) is 2.91. The van der Waals surface area contributed by atoms with Gasteiger partial charge < -0.3 is 9.30 Å². The second kappa shape index (κ2) is 6.70. The number of ether oxygens (including phenoxy) is 1. The van der Waals surface area contributed by atoms with Crippen LogP contribution in [0, 0.1) is 0 Å². The fourth-order valence-electron chi connectivity index (χ4n) is 2.10. The number of esters is 1. The van der Waals surface area contributed by atoms with Gasteiger partial charge in [0, 0.05) is 22.9 Å². The highest BCUT2D eigenvalue weighted by Gasteiger charge is 2.18. The summed E-state index contributed by atoms with van der Waals surface area (Å²) >= 11 is 3.54. The molecule has 0 spiro atoms. The van der Waals surface area contributed by atoms with Gasteiger partial charge in [0.1, 0.15) is 0 Å². The van der Waals surface area contributed by atoms with E-state index < -0.39 is 0 Å². The van der Waals surface area contributed by atoms with Crippen LogP contribution in [-0.4, -0.2) is 22.1 Å². The molecular weight excluding hydrogens is 320 g/mol. The molecule has 0 aliphatic rings. The number of aromatic nitrogens is 2. The lowest BCUT2D eigenvalue weighted by Crippen LogP contribution is -2.17. The fraction of sp³-hybridized carbons (Fsp3) is 0.333. The molecule has 106 valence electrons. The van der Waals surface area contributed by atoms with Gasteiger partial charge in [-0.1, -0.05) is 34.1 Å². The average molecular weight is 337 g/mol. The Hall–Kier alpha value is -1.62. The van der Waals surface area contributed by atoms with Crippen molar-refractivity contribution in [1.82, 2.24) is 9.55 Å². The summed E-state index contributed by atoms with van der Waals surface area (Å²) in [6.45, 7) is 4.20. The molecule has 0 aliphatic heterocycles. The summed E-state index contributed by atoms with van der Waals surface area (Å²) in [5.41, 5.74) is 1.20. The lowest BCUT2D eigenvalue weighted by Gasteiger charge is -2.16. The highest BCUT2D eigenvalue weighted by Crippen LogP contribution is 2.22. The molecule has 1 aromatic carbocycles. The van der Waals surface area contributed by atoms with Crippen LogP contribution in [0.25, 0.3) is 0 Å². The number of carbonyl (C=O) groups is 1. The Labute approximate surface area is 126 Å². The Morgan fingerprint density at radius 3 is 2.90 bits per heavy atom. The lowest BCUT2D eigenvalue weighted by molar-refractivity contribution is 0.0504. The molecule has 4 nitrogen and oxygen atoms in total. The first kappa shape index (κ1) is 14.8. The third-order valence-electron chi connectivity index (χ3n) is 3.07. The van der Waals surface area contributed by atoms with Gasteiger partial charge >= 0.3 is 5.97 Å². The number of benzene rings is 1. The summed E-state index contributed by atoms with van der Waals surface area (Å²) < 4.78 is 7.95. The molecule has 2 aromatic rings. The van der Waals surface area contributed by atoms with Crippen LogP contribution in [0.15, 0.2) is 41.1 Å². The van der Waals surface area contributed by atoms with Crippen molar-refractivity contribution in [2.45, 2.75) is 26.3 Å². The lowest BCUT2D eigenvalue weighted by atomic mass is 10.1. The van der Waals surface area contributed by atoms with Crippen molar-refractivity contribution in [3.63, 3.8) is 0 Å². The van der Waals surface area contributed by atoms with E-state index >= 15 is 0 Å². The minimum Gasteiger partial charge on any atom is -0.460 e. The predicted molar refractivity (Wildman–Crippen MR) is 80.7 cm³/mol. The predicted octanol–water partition coefficient (Wildman–Crippen LogP) is 3.63. The maximum absolute atomic E-state index is 11.8. The van der Waals surface area contributed by atoms with Crippen molar-refractivity contribution in [2.75, 3.05) is 6.61 Å². The van der Waals surface area contributed by atoms with Gasteiger partial charge in [0.2, 0.25) is 5.82 Å². The molecule has 0 radical (unpaired) electrons. The zero-order valence-corrected chi connectivity index (χ0v) is 13.1. The Balaban J connectivity index is 2.18. The van der Waals surface area contributed by atoms with Gasteiger partial charge in [0.25, 0.3) is 0 Å². The Kier molecular flexibility index (Phi) is 4.95. The molecule has 0 amide bonds. The molecule has 0 aliphatic carbocycles. The second-order valence-corrected chi connectivity index (χ2v) is 5.38. The van der Waals surface area contributed by atoms with Crippen molar-refractivity contribution >= 4 is 21.9 Å². The smallest absolute Gasteiger partial charge is 0.374 e. The van der Waals surface area contributed by atoms with Gasteiger partial charge in [-0.05, 0) is 31.9 Å². The Morgan fingerprint density at radius 2 is 2.20 bits per heavy atom. The fourth-order valence-corrected chi connectivity index (χ4v) is 2.55. The normalized spacial score (nSPS) is 12.2. The molecule has 20 heavy (non-hydrogen) atoms. The first-order valence-electron chi connectivity index (χ1n) is 6.56. The van der Waals surface area contributed by atoms with Crippen LogP contribution < -0.4 is 0 Å². The summed E-state index contributed by atoms with van der Waals surface area (Å²) in [4.78, 5) is 15.9. The third-order valence-corrected chi connectivity index (χ3v) is 3.85. The molecular formula is C15H17BrN2O2. The largest absolute Gasteiger partial charge is 0.460 e. The van der Waals surface area contributed by atoms with E-state index in [0.717, 1.165) is 10.9 Å². The molecule has 1 unspecified atom stereocenters. The number of hydrogen-bond donors (Lipinski definition) is 0. The van der Waals surface area contributed by atoms with Crippen molar-refractivity contribution in [2.24, 2.45) is 0 Å². The SMILES string of the molecule is CCOC(=O)c1nccn1C(C)Cc1ccccc1Br. The van der Waals surface area contributed by atoms with E-state index in [9.17, 15) is 4.79 Å². The summed E-state index contributed by atoms with van der Waals surface area (Å²) in [5.74, 6) is -0.0251. The maximum Gasteiger partial charge on any atom is 0.374 e. The van der Waals surface area contributed by atoms with E-state index in [1.165, 1.54) is 5.56 Å². The summed E-state index contributed by atoms with van der Waals surface area (Å²) in [7, 11) is 0. The Morgan fingerprint density at radius 1 is 1.45 bits per heavy atom. The van der Waals surface area contributed by atoms with E-state index in [2.05, 4.69) is 33.9 Å². The Bertz CT molecular complexity index is 595. The number of carbonyl (C=O) groups excluding carboxylic acids is 1. The zero-order chi connectivity index (χ0) is 14.5. The number of nitrogens with zero attached hydrogens (tertiary/aromatic N) is 2. The molecule has 2 rings (SSSR count). The molecule has 0 fully saturated rings. The highest BCUT2D eigenvalue weighted by atomic mass is 79.9. The second-order valence-electron chi connectivity index (χ2n) is 4.52.